The van der Waals surface area contributed by atoms with Crippen LogP contribution in [0, 0.1) is 13.8 Å². The lowest BCUT2D eigenvalue weighted by Gasteiger charge is -2.13. The third kappa shape index (κ3) is 3.75. The van der Waals surface area contributed by atoms with Gasteiger partial charge in [-0.2, -0.15) is 0 Å². The van der Waals surface area contributed by atoms with Gasteiger partial charge in [0.25, 0.3) is 0 Å². The molecule has 0 saturated heterocycles. The van der Waals surface area contributed by atoms with Crippen molar-refractivity contribution in [2.45, 2.75) is 33.2 Å². The first-order chi connectivity index (χ1) is 10.4. The number of carbonyl (C=O) groups excluding carboxylic acids is 2. The van der Waals surface area contributed by atoms with Crippen molar-refractivity contribution in [2.24, 2.45) is 7.05 Å². The Bertz CT molecular complexity index is 549. The van der Waals surface area contributed by atoms with Gasteiger partial charge < -0.3 is 19.4 Å². The van der Waals surface area contributed by atoms with E-state index < -0.39 is 5.97 Å². The summed E-state index contributed by atoms with van der Waals surface area (Å²) in [5, 5.41) is 3.19. The van der Waals surface area contributed by atoms with Gasteiger partial charge >= 0.3 is 5.97 Å². The predicted octanol–water partition coefficient (Wildman–Crippen LogP) is 1.63. The number of Topliss-reactive ketones (excluding diaryl/α,β-unsaturated/α-hetero) is 1. The lowest BCUT2D eigenvalue weighted by Crippen LogP contribution is -2.35. The van der Waals surface area contributed by atoms with Gasteiger partial charge in [-0.1, -0.05) is 0 Å². The van der Waals surface area contributed by atoms with Crippen LogP contribution in [0.5, 0.6) is 0 Å². The van der Waals surface area contributed by atoms with Crippen molar-refractivity contribution >= 4 is 11.8 Å². The van der Waals surface area contributed by atoms with Gasteiger partial charge in [-0.15, -0.1) is 0 Å². The van der Waals surface area contributed by atoms with Gasteiger partial charge in [0.15, 0.2) is 5.78 Å². The summed E-state index contributed by atoms with van der Waals surface area (Å²) in [7, 11) is 4.76. The lowest BCUT2D eigenvalue weighted by molar-refractivity contribution is 0.0588. The Balaban J connectivity index is 2.96. The standard InChI is InChI=1S/C16H26N2O4/c1-10-13(12(3)18(4)14(10)16(20)22-6)15(19)11(2)17-8-7-9-21-5/h11,17H,7-9H2,1-6H3. The molecule has 0 aromatic carbocycles. The molecule has 1 aromatic heterocycles. The lowest BCUT2D eigenvalue weighted by atomic mass is 10.0. The van der Waals surface area contributed by atoms with Crippen molar-refractivity contribution < 1.29 is 19.1 Å². The second-order valence-electron chi connectivity index (χ2n) is 5.37. The molecule has 1 heterocycles. The van der Waals surface area contributed by atoms with Crippen molar-refractivity contribution in [3.05, 3.63) is 22.5 Å². The first-order valence-electron chi connectivity index (χ1n) is 7.37. The topological polar surface area (TPSA) is 69.6 Å². The zero-order chi connectivity index (χ0) is 16.9. The third-order valence-electron chi connectivity index (χ3n) is 3.92. The second-order valence-corrected chi connectivity index (χ2v) is 5.37. The molecular weight excluding hydrogens is 284 g/mol. The number of ether oxygens (including phenoxy) is 2. The number of methoxy groups -OCH3 is 2. The fourth-order valence-corrected chi connectivity index (χ4v) is 2.57. The van der Waals surface area contributed by atoms with E-state index in [1.807, 2.05) is 13.8 Å². The predicted molar refractivity (Wildman–Crippen MR) is 84.5 cm³/mol. The maximum atomic E-state index is 12.7. The Morgan fingerprint density at radius 3 is 2.45 bits per heavy atom. The summed E-state index contributed by atoms with van der Waals surface area (Å²) < 4.78 is 11.5. The molecule has 1 aromatic rings. The molecule has 1 unspecified atom stereocenters. The van der Waals surface area contributed by atoms with Crippen molar-refractivity contribution in [3.63, 3.8) is 0 Å². The number of esters is 1. The highest BCUT2D eigenvalue weighted by atomic mass is 16.5. The smallest absolute Gasteiger partial charge is 0.354 e. The monoisotopic (exact) mass is 310 g/mol. The van der Waals surface area contributed by atoms with Gasteiger partial charge in [0, 0.05) is 32.0 Å². The van der Waals surface area contributed by atoms with Crippen molar-refractivity contribution in [2.75, 3.05) is 27.4 Å². The van der Waals surface area contributed by atoms with Crippen LogP contribution >= 0.6 is 0 Å². The summed E-state index contributed by atoms with van der Waals surface area (Å²) in [6.07, 6.45) is 0.842. The highest BCUT2D eigenvalue weighted by molar-refractivity contribution is 6.05. The van der Waals surface area contributed by atoms with E-state index in [0.717, 1.165) is 12.1 Å². The quantitative estimate of drug-likeness (QED) is 0.449. The van der Waals surface area contributed by atoms with Crippen LogP contribution in [-0.4, -0.2) is 49.7 Å². The van der Waals surface area contributed by atoms with Crippen LogP contribution in [0.4, 0.5) is 0 Å². The van der Waals surface area contributed by atoms with E-state index >= 15 is 0 Å². The van der Waals surface area contributed by atoms with E-state index in [9.17, 15) is 9.59 Å². The first-order valence-corrected chi connectivity index (χ1v) is 7.37. The number of ketones is 1. The fourth-order valence-electron chi connectivity index (χ4n) is 2.57. The van der Waals surface area contributed by atoms with Gasteiger partial charge in [-0.05, 0) is 39.3 Å². The van der Waals surface area contributed by atoms with Gasteiger partial charge in [-0.25, -0.2) is 4.79 Å². The minimum absolute atomic E-state index is 0.0156. The van der Waals surface area contributed by atoms with E-state index in [-0.39, 0.29) is 11.8 Å². The molecule has 0 fully saturated rings. The number of nitrogens with zero attached hydrogens (tertiary/aromatic N) is 1. The molecule has 0 spiro atoms. The number of hydrogen-bond acceptors (Lipinski definition) is 5. The van der Waals surface area contributed by atoms with Gasteiger partial charge in [0.1, 0.15) is 5.69 Å². The number of nitrogens with one attached hydrogen (secondary N) is 1. The Hall–Kier alpha value is -1.66. The largest absolute Gasteiger partial charge is 0.464 e. The van der Waals surface area contributed by atoms with Crippen molar-refractivity contribution in [1.82, 2.24) is 9.88 Å². The molecule has 1 N–H and O–H groups in total. The van der Waals surface area contributed by atoms with Gasteiger partial charge in [0.05, 0.1) is 13.2 Å². The van der Waals surface area contributed by atoms with E-state index in [2.05, 4.69) is 5.32 Å². The number of aromatic nitrogens is 1. The normalized spacial score (nSPS) is 12.3. The van der Waals surface area contributed by atoms with E-state index in [1.54, 1.807) is 25.6 Å². The molecule has 6 heteroatoms. The molecule has 1 rings (SSSR count). The molecule has 1 atom stereocenters. The highest BCUT2D eigenvalue weighted by Gasteiger charge is 2.27. The molecule has 0 aliphatic carbocycles. The molecule has 124 valence electrons. The van der Waals surface area contributed by atoms with Crippen LogP contribution < -0.4 is 5.32 Å². The second kappa shape index (κ2) is 8.10. The first kappa shape index (κ1) is 18.4. The van der Waals surface area contributed by atoms with Crippen LogP contribution in [0.2, 0.25) is 0 Å². The maximum absolute atomic E-state index is 12.7. The zero-order valence-corrected chi connectivity index (χ0v) is 14.3. The summed E-state index contributed by atoms with van der Waals surface area (Å²) in [5.41, 5.74) is 2.46. The van der Waals surface area contributed by atoms with Crippen LogP contribution in [0.25, 0.3) is 0 Å². The van der Waals surface area contributed by atoms with Crippen molar-refractivity contribution in [3.8, 4) is 0 Å². The third-order valence-corrected chi connectivity index (χ3v) is 3.92. The Kier molecular flexibility index (Phi) is 6.77. The minimum atomic E-state index is -0.428. The molecule has 0 radical (unpaired) electrons. The molecule has 0 bridgehead atoms. The maximum Gasteiger partial charge on any atom is 0.354 e. The summed E-state index contributed by atoms with van der Waals surface area (Å²) in [6.45, 7) is 6.81. The molecular formula is C16H26N2O4. The average molecular weight is 310 g/mol. The summed E-state index contributed by atoms with van der Waals surface area (Å²) in [6, 6.07) is -0.317. The van der Waals surface area contributed by atoms with Crippen LogP contribution in [-0.2, 0) is 16.5 Å². The van der Waals surface area contributed by atoms with E-state index in [0.29, 0.717) is 30.0 Å². The van der Waals surface area contributed by atoms with Gasteiger partial charge in [-0.3, -0.25) is 4.79 Å². The summed E-state index contributed by atoms with van der Waals surface area (Å²) >= 11 is 0. The Morgan fingerprint density at radius 1 is 1.27 bits per heavy atom. The molecule has 0 aliphatic rings. The van der Waals surface area contributed by atoms with E-state index in [4.69, 9.17) is 9.47 Å². The summed E-state index contributed by atoms with van der Waals surface area (Å²) in [4.78, 5) is 24.5. The Morgan fingerprint density at radius 2 is 1.91 bits per heavy atom. The van der Waals surface area contributed by atoms with Crippen LogP contribution in [0.3, 0.4) is 0 Å². The van der Waals surface area contributed by atoms with Gasteiger partial charge in [0.2, 0.25) is 0 Å². The number of carbonyl (C=O) groups is 2. The highest BCUT2D eigenvalue weighted by Crippen LogP contribution is 2.23. The van der Waals surface area contributed by atoms with Crippen LogP contribution in [0.1, 0.15) is 45.4 Å². The molecule has 0 aliphatic heterocycles. The molecule has 0 amide bonds. The zero-order valence-electron chi connectivity index (χ0n) is 14.3. The molecule has 22 heavy (non-hydrogen) atoms. The van der Waals surface area contributed by atoms with Crippen LogP contribution in [0.15, 0.2) is 0 Å². The fraction of sp³-hybridized carbons (Fsp3) is 0.625. The number of hydrogen-bond donors (Lipinski definition) is 1. The average Bonchev–Trinajstić information content (AvgIpc) is 2.72. The molecule has 6 nitrogen and oxygen atoms in total. The number of rotatable bonds is 8. The Labute approximate surface area is 131 Å². The van der Waals surface area contributed by atoms with Crippen molar-refractivity contribution in [1.29, 1.82) is 0 Å². The minimum Gasteiger partial charge on any atom is -0.464 e. The van der Waals surface area contributed by atoms with E-state index in [1.165, 1.54) is 7.11 Å². The molecule has 0 saturated carbocycles. The SMILES string of the molecule is COCCCNC(C)C(=O)c1c(C)c(C(=O)OC)n(C)c1C. The summed E-state index contributed by atoms with van der Waals surface area (Å²) in [5.74, 6) is -0.443.